The molecule has 6 nitrogen and oxygen atoms in total. The number of benzene rings is 4. The molecule has 0 atom stereocenters. The Bertz CT molecular complexity index is 1620. The van der Waals surface area contributed by atoms with E-state index in [1.165, 1.54) is 13.2 Å². The predicted molar refractivity (Wildman–Crippen MR) is 171 cm³/mol. The second-order valence-electron chi connectivity index (χ2n) is 8.62. The first kappa shape index (κ1) is 30.5. The third kappa shape index (κ3) is 8.54. The van der Waals surface area contributed by atoms with Crippen LogP contribution in [0.3, 0.4) is 0 Å². The van der Waals surface area contributed by atoms with Gasteiger partial charge in [-0.25, -0.2) is 0 Å². The molecule has 1 N–H and O–H groups in total. The topological polar surface area (TPSA) is 80.6 Å². The zero-order valence-corrected chi connectivity index (χ0v) is 26.0. The Morgan fingerprint density at radius 3 is 2.29 bits per heavy atom. The molecule has 0 aliphatic heterocycles. The molecule has 0 radical (unpaired) electrons. The van der Waals surface area contributed by atoms with E-state index in [-0.39, 0.29) is 12.2 Å². The fourth-order valence-corrected chi connectivity index (χ4v) is 5.02. The van der Waals surface area contributed by atoms with Crippen LogP contribution in [0, 0.1) is 14.9 Å². The summed E-state index contributed by atoms with van der Waals surface area (Å²) in [6.45, 7) is 0.583. The number of rotatable bonds is 10. The van der Waals surface area contributed by atoms with Crippen LogP contribution in [0.25, 0.3) is 6.08 Å². The molecule has 0 saturated heterocycles. The molecule has 0 aliphatic rings. The summed E-state index contributed by atoms with van der Waals surface area (Å²) in [5.74, 6) is 1.04. The van der Waals surface area contributed by atoms with Crippen molar-refractivity contribution in [2.75, 3.05) is 12.4 Å². The normalized spacial score (nSPS) is 11.0. The molecule has 0 heterocycles. The van der Waals surface area contributed by atoms with Crippen molar-refractivity contribution in [3.63, 3.8) is 0 Å². The highest BCUT2D eigenvalue weighted by Crippen LogP contribution is 2.36. The van der Waals surface area contributed by atoms with Crippen LogP contribution in [0.2, 0.25) is 15.1 Å². The first-order valence-corrected chi connectivity index (χ1v) is 14.3. The average Bonchev–Trinajstić information content (AvgIpc) is 2.96. The van der Waals surface area contributed by atoms with Gasteiger partial charge >= 0.3 is 0 Å². The summed E-state index contributed by atoms with van der Waals surface area (Å²) in [6.07, 6.45) is 1.49. The Morgan fingerprint density at radius 1 is 0.927 bits per heavy atom. The number of halogens is 4. The van der Waals surface area contributed by atoms with E-state index in [2.05, 4.69) is 27.9 Å². The summed E-state index contributed by atoms with van der Waals surface area (Å²) in [5, 5.41) is 14.1. The molecule has 0 fully saturated rings. The van der Waals surface area contributed by atoms with Gasteiger partial charge in [0.2, 0.25) is 0 Å². The summed E-state index contributed by atoms with van der Waals surface area (Å²) < 4.78 is 18.0. The van der Waals surface area contributed by atoms with Crippen LogP contribution in [-0.2, 0) is 18.0 Å². The van der Waals surface area contributed by atoms with Crippen molar-refractivity contribution >= 4 is 75.1 Å². The van der Waals surface area contributed by atoms with Crippen LogP contribution in [0.1, 0.15) is 16.7 Å². The lowest BCUT2D eigenvalue weighted by atomic mass is 10.1. The molecule has 1 amide bonds. The van der Waals surface area contributed by atoms with Gasteiger partial charge in [-0.15, -0.1) is 0 Å². The van der Waals surface area contributed by atoms with Crippen LogP contribution in [0.15, 0.2) is 84.4 Å². The van der Waals surface area contributed by atoms with Gasteiger partial charge in [0.05, 0.1) is 10.7 Å². The maximum atomic E-state index is 12.9. The van der Waals surface area contributed by atoms with E-state index in [4.69, 9.17) is 49.0 Å². The maximum absolute atomic E-state index is 12.9. The number of anilines is 1. The maximum Gasteiger partial charge on any atom is 0.266 e. The van der Waals surface area contributed by atoms with E-state index in [0.29, 0.717) is 50.2 Å². The third-order valence-electron chi connectivity index (χ3n) is 5.75. The van der Waals surface area contributed by atoms with Crippen molar-refractivity contribution in [2.45, 2.75) is 13.2 Å². The minimum absolute atomic E-state index is 0.0764. The molecule has 208 valence electrons. The Hall–Kier alpha value is -3.42. The van der Waals surface area contributed by atoms with E-state index in [1.807, 2.05) is 18.2 Å². The van der Waals surface area contributed by atoms with E-state index in [1.54, 1.807) is 66.7 Å². The van der Waals surface area contributed by atoms with Crippen LogP contribution in [0.4, 0.5) is 5.69 Å². The van der Waals surface area contributed by atoms with Gasteiger partial charge in [-0.2, -0.15) is 5.26 Å². The van der Waals surface area contributed by atoms with E-state index < -0.39 is 5.91 Å². The fraction of sp³-hybridized carbons (Fsp3) is 0.0968. The smallest absolute Gasteiger partial charge is 0.266 e. The van der Waals surface area contributed by atoms with Crippen LogP contribution in [0.5, 0.6) is 17.2 Å². The number of ether oxygens (including phenoxy) is 3. The van der Waals surface area contributed by atoms with Crippen molar-refractivity contribution < 1.29 is 19.0 Å². The summed E-state index contributed by atoms with van der Waals surface area (Å²) in [5.41, 5.74) is 2.79. The van der Waals surface area contributed by atoms with Crippen LogP contribution >= 0.6 is 57.4 Å². The second-order valence-corrected chi connectivity index (χ2v) is 11.1. The highest BCUT2D eigenvalue weighted by atomic mass is 127. The van der Waals surface area contributed by atoms with Gasteiger partial charge in [-0.1, -0.05) is 53.0 Å². The van der Waals surface area contributed by atoms with Gasteiger partial charge in [0, 0.05) is 26.3 Å². The van der Waals surface area contributed by atoms with Gasteiger partial charge < -0.3 is 19.5 Å². The van der Waals surface area contributed by atoms with Crippen LogP contribution in [-0.4, -0.2) is 13.0 Å². The first-order chi connectivity index (χ1) is 19.7. The molecule has 4 aromatic carbocycles. The van der Waals surface area contributed by atoms with Gasteiger partial charge in [-0.05, 0) is 100 Å². The quantitative estimate of drug-likeness (QED) is 0.101. The monoisotopic (exact) mass is 718 g/mol. The molecule has 4 rings (SSSR count). The highest BCUT2D eigenvalue weighted by molar-refractivity contribution is 14.1. The van der Waals surface area contributed by atoms with Gasteiger partial charge in [0.25, 0.3) is 5.91 Å². The minimum atomic E-state index is -0.547. The van der Waals surface area contributed by atoms with Crippen molar-refractivity contribution in [2.24, 2.45) is 0 Å². The standard InChI is InChI=1S/C31H22Cl3IN2O4/c1-39-29-14-20(13-28(35)30(29)41-18-21-4-7-24(33)15-27(21)34)12-22(16-36)31(38)37-25-8-10-26(11-9-25)40-17-19-2-5-23(32)6-3-19/h2-15H,17-18H2,1H3,(H,37,38)/b22-12+. The summed E-state index contributed by atoms with van der Waals surface area (Å²) in [6, 6.07) is 24.9. The molecule has 0 bridgehead atoms. The van der Waals surface area contributed by atoms with Gasteiger partial charge in [0.1, 0.15) is 30.6 Å². The molecule has 0 aliphatic carbocycles. The summed E-state index contributed by atoms with van der Waals surface area (Å²) >= 11 is 20.3. The predicted octanol–water partition coefficient (Wildman–Crippen LogP) is 8.96. The number of nitrogens with one attached hydrogen (secondary N) is 1. The molecular weight excluding hydrogens is 698 g/mol. The van der Waals surface area contributed by atoms with E-state index in [0.717, 1.165) is 14.7 Å². The van der Waals surface area contributed by atoms with E-state index >= 15 is 0 Å². The number of methoxy groups -OCH3 is 1. The molecule has 41 heavy (non-hydrogen) atoms. The van der Waals surface area contributed by atoms with Crippen molar-refractivity contribution in [1.82, 2.24) is 0 Å². The number of nitrogens with zero attached hydrogens (tertiary/aromatic N) is 1. The number of carbonyl (C=O) groups is 1. The lowest BCUT2D eigenvalue weighted by Gasteiger charge is -2.14. The SMILES string of the molecule is COc1cc(/C=C(\C#N)C(=O)Nc2ccc(OCc3ccc(Cl)cc3)cc2)cc(I)c1OCc1ccc(Cl)cc1Cl. The number of amides is 1. The first-order valence-electron chi connectivity index (χ1n) is 12.1. The molecule has 0 spiro atoms. The molecule has 0 aromatic heterocycles. The second kappa shape index (κ2) is 14.5. The van der Waals surface area contributed by atoms with Crippen molar-refractivity contribution in [1.29, 1.82) is 5.26 Å². The minimum Gasteiger partial charge on any atom is -0.493 e. The molecular formula is C31H22Cl3IN2O4. The molecule has 0 saturated carbocycles. The zero-order chi connectivity index (χ0) is 29.4. The van der Waals surface area contributed by atoms with E-state index in [9.17, 15) is 10.1 Å². The third-order valence-corrected chi connectivity index (χ3v) is 7.39. The van der Waals surface area contributed by atoms with Gasteiger partial charge in [-0.3, -0.25) is 4.79 Å². The Labute approximate surface area is 266 Å². The molecule has 0 unspecified atom stereocenters. The van der Waals surface area contributed by atoms with Crippen LogP contribution < -0.4 is 19.5 Å². The largest absolute Gasteiger partial charge is 0.493 e. The molecule has 4 aromatic rings. The Kier molecular flexibility index (Phi) is 10.8. The lowest BCUT2D eigenvalue weighted by Crippen LogP contribution is -2.13. The number of nitriles is 1. The number of carbonyl (C=O) groups excluding carboxylic acids is 1. The Morgan fingerprint density at radius 2 is 1.63 bits per heavy atom. The fourth-order valence-electron chi connectivity index (χ4n) is 3.65. The van der Waals surface area contributed by atoms with Gasteiger partial charge in [0.15, 0.2) is 11.5 Å². The summed E-state index contributed by atoms with van der Waals surface area (Å²) in [4.78, 5) is 12.9. The molecule has 10 heteroatoms. The number of hydrogen-bond acceptors (Lipinski definition) is 5. The summed E-state index contributed by atoms with van der Waals surface area (Å²) in [7, 11) is 1.52. The van der Waals surface area contributed by atoms with Crippen molar-refractivity contribution in [3.8, 4) is 23.3 Å². The lowest BCUT2D eigenvalue weighted by molar-refractivity contribution is -0.112. The Balaban J connectivity index is 1.42. The number of hydrogen-bond donors (Lipinski definition) is 1. The highest BCUT2D eigenvalue weighted by Gasteiger charge is 2.15. The zero-order valence-electron chi connectivity index (χ0n) is 21.6. The van der Waals surface area contributed by atoms with Crippen molar-refractivity contribution in [3.05, 3.63) is 120 Å². The average molecular weight is 720 g/mol.